The van der Waals surface area contributed by atoms with E-state index in [2.05, 4.69) is 20.1 Å². The Hall–Kier alpha value is -2.68. The molecule has 0 atom stereocenters. The molecule has 1 fully saturated rings. The van der Waals surface area contributed by atoms with Gasteiger partial charge in [-0.25, -0.2) is 9.97 Å². The first-order chi connectivity index (χ1) is 13.1. The number of imidazole rings is 1. The van der Waals surface area contributed by atoms with E-state index in [0.717, 1.165) is 30.2 Å². The Bertz CT molecular complexity index is 927. The van der Waals surface area contributed by atoms with Crippen LogP contribution in [0.1, 0.15) is 36.1 Å². The number of hydrogen-bond acceptors (Lipinski definition) is 7. The summed E-state index contributed by atoms with van der Waals surface area (Å²) in [7, 11) is 0. The Morgan fingerprint density at radius 1 is 1.22 bits per heavy atom. The Morgan fingerprint density at radius 2 is 2.04 bits per heavy atom. The molecule has 1 amide bonds. The minimum atomic E-state index is -0.0299. The molecule has 0 aliphatic carbocycles. The van der Waals surface area contributed by atoms with Crippen molar-refractivity contribution < 1.29 is 9.32 Å². The van der Waals surface area contributed by atoms with Gasteiger partial charge in [-0.2, -0.15) is 16.7 Å². The Morgan fingerprint density at radius 3 is 2.70 bits per heavy atom. The molecule has 0 unspecified atom stereocenters. The SMILES string of the molecule is CC(C)c1noc(-c2ccc(-n3cnc(C(=O)N4CCSCC4)c3)nc2)n1. The smallest absolute Gasteiger partial charge is 0.274 e. The van der Waals surface area contributed by atoms with Crippen LogP contribution in [-0.2, 0) is 0 Å². The maximum absolute atomic E-state index is 12.5. The molecule has 0 saturated carbocycles. The summed E-state index contributed by atoms with van der Waals surface area (Å²) in [5.41, 5.74) is 1.19. The molecular weight excluding hydrogens is 364 g/mol. The topological polar surface area (TPSA) is 89.9 Å². The minimum absolute atomic E-state index is 0.0299. The molecule has 3 aromatic heterocycles. The lowest BCUT2D eigenvalue weighted by molar-refractivity contribution is 0.0767. The van der Waals surface area contributed by atoms with E-state index in [4.69, 9.17) is 4.52 Å². The normalized spacial score (nSPS) is 14.7. The summed E-state index contributed by atoms with van der Waals surface area (Å²) in [6.07, 6.45) is 5.00. The van der Waals surface area contributed by atoms with Gasteiger partial charge < -0.3 is 9.42 Å². The Kier molecular flexibility index (Phi) is 4.93. The quantitative estimate of drug-likeness (QED) is 0.683. The van der Waals surface area contributed by atoms with E-state index < -0.39 is 0 Å². The van der Waals surface area contributed by atoms with Crippen LogP contribution in [0.4, 0.5) is 0 Å². The van der Waals surface area contributed by atoms with Gasteiger partial charge in [0.15, 0.2) is 5.82 Å². The zero-order chi connectivity index (χ0) is 18.8. The van der Waals surface area contributed by atoms with Gasteiger partial charge >= 0.3 is 0 Å². The number of nitrogens with zero attached hydrogens (tertiary/aromatic N) is 6. The third-order valence-corrected chi connectivity index (χ3v) is 5.26. The molecule has 1 aliphatic rings. The molecule has 1 saturated heterocycles. The van der Waals surface area contributed by atoms with Gasteiger partial charge in [0.2, 0.25) is 0 Å². The fourth-order valence-electron chi connectivity index (χ4n) is 2.74. The highest BCUT2D eigenvalue weighted by Gasteiger charge is 2.20. The van der Waals surface area contributed by atoms with Gasteiger partial charge in [0.1, 0.15) is 17.8 Å². The summed E-state index contributed by atoms with van der Waals surface area (Å²) in [6, 6.07) is 3.70. The average Bonchev–Trinajstić information content (AvgIpc) is 3.38. The second-order valence-corrected chi connectivity index (χ2v) is 7.81. The summed E-state index contributed by atoms with van der Waals surface area (Å²) in [6.45, 7) is 5.56. The van der Waals surface area contributed by atoms with Crippen LogP contribution in [0.15, 0.2) is 35.4 Å². The molecule has 0 spiro atoms. The summed E-state index contributed by atoms with van der Waals surface area (Å²) in [4.78, 5) is 27.4. The second kappa shape index (κ2) is 7.51. The number of pyridine rings is 1. The first-order valence-electron chi connectivity index (χ1n) is 8.83. The monoisotopic (exact) mass is 384 g/mol. The summed E-state index contributed by atoms with van der Waals surface area (Å²) < 4.78 is 7.03. The lowest BCUT2D eigenvalue weighted by Gasteiger charge is -2.25. The molecule has 0 radical (unpaired) electrons. The van der Waals surface area contributed by atoms with Crippen LogP contribution in [0.5, 0.6) is 0 Å². The molecule has 8 nitrogen and oxygen atoms in total. The van der Waals surface area contributed by atoms with E-state index in [1.807, 2.05) is 42.6 Å². The number of carbonyl (C=O) groups excluding carboxylic acids is 1. The summed E-state index contributed by atoms with van der Waals surface area (Å²) >= 11 is 1.87. The molecule has 1 aliphatic heterocycles. The lowest BCUT2D eigenvalue weighted by atomic mass is 10.2. The lowest BCUT2D eigenvalue weighted by Crippen LogP contribution is -2.38. The maximum Gasteiger partial charge on any atom is 0.274 e. The predicted octanol–water partition coefficient (Wildman–Crippen LogP) is 2.63. The number of rotatable bonds is 4. The van der Waals surface area contributed by atoms with Crippen molar-refractivity contribution in [2.45, 2.75) is 19.8 Å². The van der Waals surface area contributed by atoms with Crippen molar-refractivity contribution in [1.82, 2.24) is 29.6 Å². The van der Waals surface area contributed by atoms with E-state index in [-0.39, 0.29) is 11.8 Å². The molecule has 140 valence electrons. The highest BCUT2D eigenvalue weighted by Crippen LogP contribution is 2.20. The predicted molar refractivity (Wildman–Crippen MR) is 102 cm³/mol. The zero-order valence-corrected chi connectivity index (χ0v) is 16.0. The number of hydrogen-bond donors (Lipinski definition) is 0. The van der Waals surface area contributed by atoms with Crippen LogP contribution in [0, 0.1) is 0 Å². The number of amides is 1. The number of carbonyl (C=O) groups is 1. The van der Waals surface area contributed by atoms with E-state index in [1.165, 1.54) is 0 Å². The van der Waals surface area contributed by atoms with E-state index in [0.29, 0.717) is 23.2 Å². The first-order valence-corrected chi connectivity index (χ1v) is 9.98. The van der Waals surface area contributed by atoms with Crippen molar-refractivity contribution >= 4 is 17.7 Å². The van der Waals surface area contributed by atoms with Crippen molar-refractivity contribution in [3.8, 4) is 17.3 Å². The third kappa shape index (κ3) is 3.73. The zero-order valence-electron chi connectivity index (χ0n) is 15.2. The molecule has 0 N–H and O–H groups in total. The van der Waals surface area contributed by atoms with Gasteiger partial charge in [0, 0.05) is 42.9 Å². The molecule has 3 aromatic rings. The first kappa shape index (κ1) is 17.7. The third-order valence-electron chi connectivity index (χ3n) is 4.32. The highest BCUT2D eigenvalue weighted by atomic mass is 32.2. The van der Waals surface area contributed by atoms with Crippen LogP contribution in [0.25, 0.3) is 17.3 Å². The van der Waals surface area contributed by atoms with Gasteiger partial charge in [-0.1, -0.05) is 19.0 Å². The molecular formula is C18H20N6O2S. The average molecular weight is 384 g/mol. The van der Waals surface area contributed by atoms with Gasteiger partial charge in [-0.15, -0.1) is 0 Å². The molecule has 27 heavy (non-hydrogen) atoms. The van der Waals surface area contributed by atoms with Gasteiger partial charge in [-0.3, -0.25) is 9.36 Å². The number of aromatic nitrogens is 5. The van der Waals surface area contributed by atoms with Crippen molar-refractivity contribution in [3.63, 3.8) is 0 Å². The van der Waals surface area contributed by atoms with E-state index >= 15 is 0 Å². The van der Waals surface area contributed by atoms with Crippen molar-refractivity contribution in [1.29, 1.82) is 0 Å². The van der Waals surface area contributed by atoms with Gasteiger partial charge in [-0.05, 0) is 12.1 Å². The fraction of sp³-hybridized carbons (Fsp3) is 0.389. The maximum atomic E-state index is 12.5. The van der Waals surface area contributed by atoms with Crippen LogP contribution >= 0.6 is 11.8 Å². The largest absolute Gasteiger partial charge is 0.336 e. The fourth-order valence-corrected chi connectivity index (χ4v) is 3.64. The molecule has 4 rings (SSSR count). The van der Waals surface area contributed by atoms with Gasteiger partial charge in [0.25, 0.3) is 11.8 Å². The standard InChI is InChI=1S/C18H20N6O2S/c1-12(2)16-21-17(26-22-16)13-3-4-15(19-9-13)24-10-14(20-11-24)18(25)23-5-7-27-8-6-23/h3-4,9-12H,5-8H2,1-2H3. The summed E-state index contributed by atoms with van der Waals surface area (Å²) in [5.74, 6) is 3.91. The van der Waals surface area contributed by atoms with Crippen LogP contribution in [-0.4, -0.2) is 60.1 Å². The molecule has 4 heterocycles. The number of thioether (sulfide) groups is 1. The van der Waals surface area contributed by atoms with Crippen LogP contribution in [0.3, 0.4) is 0 Å². The molecule has 0 aromatic carbocycles. The molecule has 0 bridgehead atoms. The van der Waals surface area contributed by atoms with Gasteiger partial charge in [0.05, 0.1) is 5.56 Å². The van der Waals surface area contributed by atoms with Crippen LogP contribution < -0.4 is 0 Å². The minimum Gasteiger partial charge on any atom is -0.336 e. The van der Waals surface area contributed by atoms with E-state index in [1.54, 1.807) is 23.3 Å². The van der Waals surface area contributed by atoms with Crippen LogP contribution in [0.2, 0.25) is 0 Å². The van der Waals surface area contributed by atoms with Crippen molar-refractivity contribution in [2.75, 3.05) is 24.6 Å². The highest BCUT2D eigenvalue weighted by molar-refractivity contribution is 7.99. The molecule has 9 heteroatoms. The Labute approximate surface area is 161 Å². The van der Waals surface area contributed by atoms with E-state index in [9.17, 15) is 4.79 Å². The summed E-state index contributed by atoms with van der Waals surface area (Å²) in [5, 5.41) is 3.97. The second-order valence-electron chi connectivity index (χ2n) is 6.59. The van der Waals surface area contributed by atoms with Crippen molar-refractivity contribution in [2.24, 2.45) is 0 Å². The van der Waals surface area contributed by atoms with Crippen molar-refractivity contribution in [3.05, 3.63) is 42.4 Å². The Balaban J connectivity index is 1.50.